The molecule has 1 N–H and O–H groups in total. The van der Waals surface area contributed by atoms with Gasteiger partial charge in [-0.05, 0) is 35.9 Å². The van der Waals surface area contributed by atoms with Crippen LogP contribution in [-0.4, -0.2) is 21.6 Å². The maximum Gasteiger partial charge on any atom is 0.387 e. The van der Waals surface area contributed by atoms with Crippen LogP contribution in [0.4, 0.5) is 23.2 Å². The maximum atomic E-state index is 12.4. The molecule has 0 aromatic heterocycles. The monoisotopic (exact) mass is 391 g/mol. The van der Waals surface area contributed by atoms with Gasteiger partial charge in [0.15, 0.2) is 11.5 Å². The number of sulfonamides is 1. The van der Waals surface area contributed by atoms with Gasteiger partial charge < -0.3 is 9.47 Å². The van der Waals surface area contributed by atoms with Gasteiger partial charge in [-0.15, -0.1) is 0 Å². The summed E-state index contributed by atoms with van der Waals surface area (Å²) in [4.78, 5) is 0. The van der Waals surface area contributed by atoms with Crippen LogP contribution in [0.15, 0.2) is 53.9 Å². The Morgan fingerprint density at radius 2 is 1.50 bits per heavy atom. The first-order chi connectivity index (χ1) is 12.2. The average Bonchev–Trinajstić information content (AvgIpc) is 2.55. The molecule has 0 aliphatic rings. The Balaban J connectivity index is 2.20. The van der Waals surface area contributed by atoms with Crippen LogP contribution < -0.4 is 14.2 Å². The van der Waals surface area contributed by atoms with E-state index in [0.717, 1.165) is 23.6 Å². The van der Waals surface area contributed by atoms with Crippen LogP contribution in [-0.2, 0) is 10.0 Å². The first kappa shape index (κ1) is 19.6. The van der Waals surface area contributed by atoms with Crippen molar-refractivity contribution in [1.29, 1.82) is 0 Å². The van der Waals surface area contributed by atoms with E-state index in [0.29, 0.717) is 5.69 Å². The van der Waals surface area contributed by atoms with Gasteiger partial charge in [0.1, 0.15) is 0 Å². The first-order valence-corrected chi connectivity index (χ1v) is 8.59. The minimum absolute atomic E-state index is 0.126. The number of halogens is 4. The third-order valence-corrected chi connectivity index (χ3v) is 3.89. The zero-order valence-electron chi connectivity index (χ0n) is 13.0. The van der Waals surface area contributed by atoms with Crippen molar-refractivity contribution in [3.8, 4) is 11.5 Å². The third-order valence-electron chi connectivity index (χ3n) is 2.87. The van der Waals surface area contributed by atoms with Crippen LogP contribution in [0.3, 0.4) is 0 Å². The van der Waals surface area contributed by atoms with Crippen LogP contribution in [0.25, 0.3) is 6.08 Å². The quantitative estimate of drug-likeness (QED) is 0.682. The van der Waals surface area contributed by atoms with Gasteiger partial charge in [0, 0.05) is 5.69 Å². The molecule has 0 saturated heterocycles. The highest BCUT2D eigenvalue weighted by atomic mass is 32.2. The zero-order valence-corrected chi connectivity index (χ0v) is 13.8. The van der Waals surface area contributed by atoms with Crippen molar-refractivity contribution in [2.45, 2.75) is 13.2 Å². The van der Waals surface area contributed by atoms with Gasteiger partial charge in [0.2, 0.25) is 0 Å². The smallest absolute Gasteiger partial charge is 0.387 e. The Morgan fingerprint density at radius 3 is 2.12 bits per heavy atom. The second kappa shape index (κ2) is 8.56. The summed E-state index contributed by atoms with van der Waals surface area (Å²) in [6, 6.07) is 11.2. The zero-order chi connectivity index (χ0) is 19.2. The molecular weight excluding hydrogens is 378 g/mol. The molecule has 140 valence electrons. The van der Waals surface area contributed by atoms with E-state index in [1.54, 1.807) is 18.2 Å². The summed E-state index contributed by atoms with van der Waals surface area (Å²) in [5, 5.41) is 0.801. The van der Waals surface area contributed by atoms with Gasteiger partial charge in [0.05, 0.1) is 5.41 Å². The summed E-state index contributed by atoms with van der Waals surface area (Å²) in [5.74, 6) is -1.24. The topological polar surface area (TPSA) is 64.6 Å². The molecule has 0 amide bonds. The Labute approximate surface area is 146 Å². The summed E-state index contributed by atoms with van der Waals surface area (Å²) in [7, 11) is -3.87. The van der Waals surface area contributed by atoms with Crippen LogP contribution in [0.1, 0.15) is 5.56 Å². The molecule has 0 unspecified atom stereocenters. The van der Waals surface area contributed by atoms with Gasteiger partial charge >= 0.3 is 13.2 Å². The Morgan fingerprint density at radius 1 is 0.885 bits per heavy atom. The second-order valence-corrected chi connectivity index (χ2v) is 6.35. The van der Waals surface area contributed by atoms with Gasteiger partial charge in [-0.3, -0.25) is 4.72 Å². The van der Waals surface area contributed by atoms with Gasteiger partial charge in [-0.25, -0.2) is 8.42 Å². The van der Waals surface area contributed by atoms with Crippen molar-refractivity contribution in [2.75, 3.05) is 4.72 Å². The van der Waals surface area contributed by atoms with E-state index < -0.39 is 34.7 Å². The molecule has 2 aromatic rings. The SMILES string of the molecule is O=S(=O)(C=Cc1ccc(OC(F)F)c(OC(F)F)c1)Nc1ccccc1. The van der Waals surface area contributed by atoms with E-state index in [4.69, 9.17) is 0 Å². The number of nitrogens with one attached hydrogen (secondary N) is 1. The van der Waals surface area contributed by atoms with E-state index in [-0.39, 0.29) is 5.56 Å². The summed E-state index contributed by atoms with van der Waals surface area (Å²) in [6.07, 6.45) is 1.09. The standard InChI is InChI=1S/C16H13F4NO4S/c17-15(18)24-13-7-6-11(10-14(13)25-16(19)20)8-9-26(22,23)21-12-4-2-1-3-5-12/h1-10,15-16,21H. The predicted molar refractivity (Wildman–Crippen MR) is 87.7 cm³/mol. The number of hydrogen-bond acceptors (Lipinski definition) is 4. The Kier molecular flexibility index (Phi) is 6.45. The number of alkyl halides is 4. The summed E-state index contributed by atoms with van der Waals surface area (Å²) in [6.45, 7) is -6.50. The van der Waals surface area contributed by atoms with Crippen LogP contribution >= 0.6 is 0 Å². The summed E-state index contributed by atoms with van der Waals surface area (Å²) in [5.41, 5.74) is 0.459. The largest absolute Gasteiger partial charge is 0.431 e. The molecule has 0 heterocycles. The fraction of sp³-hybridized carbons (Fsp3) is 0.125. The minimum atomic E-state index is -3.87. The molecular formula is C16H13F4NO4S. The number of benzene rings is 2. The third kappa shape index (κ3) is 6.28. The molecule has 5 nitrogen and oxygen atoms in total. The summed E-state index contributed by atoms with van der Waals surface area (Å²) >= 11 is 0. The van der Waals surface area contributed by atoms with E-state index in [1.165, 1.54) is 18.2 Å². The molecule has 10 heteroatoms. The van der Waals surface area contributed by atoms with Crippen molar-refractivity contribution in [2.24, 2.45) is 0 Å². The van der Waals surface area contributed by atoms with Crippen LogP contribution in [0.5, 0.6) is 11.5 Å². The maximum absolute atomic E-state index is 12.4. The molecule has 0 aliphatic heterocycles. The van der Waals surface area contributed by atoms with Gasteiger partial charge in [0.25, 0.3) is 10.0 Å². The lowest BCUT2D eigenvalue weighted by Gasteiger charge is -2.12. The second-order valence-electron chi connectivity index (χ2n) is 4.78. The lowest BCUT2D eigenvalue weighted by atomic mass is 10.2. The average molecular weight is 391 g/mol. The molecule has 0 bridgehead atoms. The van der Waals surface area contributed by atoms with Crippen LogP contribution in [0, 0.1) is 0 Å². The number of rotatable bonds is 8. The van der Waals surface area contributed by atoms with Crippen molar-refractivity contribution in [3.63, 3.8) is 0 Å². The molecule has 26 heavy (non-hydrogen) atoms. The highest BCUT2D eigenvalue weighted by Gasteiger charge is 2.15. The van der Waals surface area contributed by atoms with Gasteiger partial charge in [-0.2, -0.15) is 17.6 Å². The van der Waals surface area contributed by atoms with Crippen molar-refractivity contribution < 1.29 is 35.5 Å². The minimum Gasteiger partial charge on any atom is -0.431 e. The molecule has 0 radical (unpaired) electrons. The Hall–Kier alpha value is -2.75. The normalized spacial score (nSPS) is 11.9. The van der Waals surface area contributed by atoms with Crippen LogP contribution in [0.2, 0.25) is 0 Å². The van der Waals surface area contributed by atoms with E-state index in [2.05, 4.69) is 14.2 Å². The first-order valence-electron chi connectivity index (χ1n) is 7.05. The van der Waals surface area contributed by atoms with E-state index in [9.17, 15) is 26.0 Å². The number of hydrogen-bond donors (Lipinski definition) is 1. The van der Waals surface area contributed by atoms with E-state index >= 15 is 0 Å². The highest BCUT2D eigenvalue weighted by Crippen LogP contribution is 2.31. The van der Waals surface area contributed by atoms with Crippen molar-refractivity contribution in [1.82, 2.24) is 0 Å². The lowest BCUT2D eigenvalue weighted by molar-refractivity contribution is -0.0692. The molecule has 0 saturated carbocycles. The molecule has 0 aliphatic carbocycles. The molecule has 2 aromatic carbocycles. The molecule has 0 atom stereocenters. The number of anilines is 1. The summed E-state index contributed by atoms with van der Waals surface area (Å²) < 4.78 is 83.8. The fourth-order valence-corrected chi connectivity index (χ4v) is 2.75. The molecule has 0 fully saturated rings. The molecule has 2 rings (SSSR count). The van der Waals surface area contributed by atoms with Crippen molar-refractivity contribution >= 4 is 21.8 Å². The molecule has 0 spiro atoms. The van der Waals surface area contributed by atoms with E-state index in [1.807, 2.05) is 0 Å². The Bertz CT molecular complexity index is 858. The van der Waals surface area contributed by atoms with Gasteiger partial charge in [-0.1, -0.05) is 24.3 Å². The number of ether oxygens (including phenoxy) is 2. The lowest BCUT2D eigenvalue weighted by Crippen LogP contribution is -2.09. The van der Waals surface area contributed by atoms with Crippen molar-refractivity contribution in [3.05, 3.63) is 59.5 Å². The predicted octanol–water partition coefficient (Wildman–Crippen LogP) is 4.30. The highest BCUT2D eigenvalue weighted by molar-refractivity contribution is 7.95. The fourth-order valence-electron chi connectivity index (χ4n) is 1.88. The number of para-hydroxylation sites is 1.